The van der Waals surface area contributed by atoms with Gasteiger partial charge in [0.2, 0.25) is 5.91 Å². The Balaban J connectivity index is 1.77. The van der Waals surface area contributed by atoms with E-state index in [2.05, 4.69) is 10.6 Å². The zero-order valence-electron chi connectivity index (χ0n) is 15.6. The van der Waals surface area contributed by atoms with E-state index in [0.717, 1.165) is 32.4 Å². The maximum atomic E-state index is 12.5. The average molecular weight is 382 g/mol. The van der Waals surface area contributed by atoms with Gasteiger partial charge in [0.15, 0.2) is 0 Å². The summed E-state index contributed by atoms with van der Waals surface area (Å²) in [5.41, 5.74) is 1.86. The molecule has 2 amide bonds. The van der Waals surface area contributed by atoms with Gasteiger partial charge in [0.05, 0.1) is 4.92 Å². The Labute approximate surface area is 162 Å². The molecule has 0 radical (unpaired) electrons. The third kappa shape index (κ3) is 4.64. The Morgan fingerprint density at radius 1 is 0.964 bits per heavy atom. The first-order valence-electron chi connectivity index (χ1n) is 9.16. The predicted octanol–water partition coefficient (Wildman–Crippen LogP) is 3.80. The Morgan fingerprint density at radius 2 is 1.57 bits per heavy atom. The van der Waals surface area contributed by atoms with Gasteiger partial charge in [-0.1, -0.05) is 0 Å². The van der Waals surface area contributed by atoms with Crippen LogP contribution < -0.4 is 15.5 Å². The molecule has 1 aliphatic heterocycles. The molecule has 0 aromatic heterocycles. The van der Waals surface area contributed by atoms with Crippen LogP contribution in [0.25, 0.3) is 0 Å². The maximum Gasteiger partial charge on any atom is 0.293 e. The molecule has 0 unspecified atom stereocenters. The summed E-state index contributed by atoms with van der Waals surface area (Å²) < 4.78 is 0. The van der Waals surface area contributed by atoms with E-state index in [4.69, 9.17) is 0 Å². The number of nitrogens with zero attached hydrogens (tertiary/aromatic N) is 2. The molecule has 1 heterocycles. The molecule has 1 fully saturated rings. The van der Waals surface area contributed by atoms with Crippen LogP contribution in [0.1, 0.15) is 36.5 Å². The van der Waals surface area contributed by atoms with Gasteiger partial charge in [-0.2, -0.15) is 0 Å². The number of carbonyl (C=O) groups is 2. The number of nitro benzene ring substituents is 1. The van der Waals surface area contributed by atoms with E-state index in [-0.39, 0.29) is 17.2 Å². The zero-order valence-corrected chi connectivity index (χ0v) is 15.6. The van der Waals surface area contributed by atoms with E-state index in [9.17, 15) is 19.7 Å². The first-order valence-corrected chi connectivity index (χ1v) is 9.16. The monoisotopic (exact) mass is 382 g/mol. The molecule has 28 heavy (non-hydrogen) atoms. The fourth-order valence-corrected chi connectivity index (χ4v) is 3.26. The van der Waals surface area contributed by atoms with Gasteiger partial charge in [-0.25, -0.2) is 0 Å². The number of anilines is 3. The minimum Gasteiger partial charge on any atom is -0.366 e. The molecule has 0 atom stereocenters. The van der Waals surface area contributed by atoms with Crippen molar-refractivity contribution in [1.82, 2.24) is 0 Å². The van der Waals surface area contributed by atoms with Crippen LogP contribution in [0.2, 0.25) is 0 Å². The van der Waals surface area contributed by atoms with E-state index in [1.54, 1.807) is 36.4 Å². The van der Waals surface area contributed by atoms with Gasteiger partial charge in [0.1, 0.15) is 5.69 Å². The summed E-state index contributed by atoms with van der Waals surface area (Å²) in [7, 11) is 0. The summed E-state index contributed by atoms with van der Waals surface area (Å²) in [6, 6.07) is 11.2. The van der Waals surface area contributed by atoms with Gasteiger partial charge in [0, 0.05) is 43.0 Å². The second-order valence-corrected chi connectivity index (χ2v) is 6.72. The Morgan fingerprint density at radius 3 is 2.14 bits per heavy atom. The SMILES string of the molecule is CC(=O)Nc1ccc(NC(=O)c2ccc(N3CCCCC3)c([N+](=O)[O-])c2)cc1. The number of carbonyl (C=O) groups excluding carboxylic acids is 2. The summed E-state index contributed by atoms with van der Waals surface area (Å²) in [4.78, 5) is 36.7. The highest BCUT2D eigenvalue weighted by molar-refractivity contribution is 6.05. The van der Waals surface area contributed by atoms with Gasteiger partial charge in [0.25, 0.3) is 11.6 Å². The fourth-order valence-electron chi connectivity index (χ4n) is 3.26. The number of hydrogen-bond donors (Lipinski definition) is 2. The lowest BCUT2D eigenvalue weighted by Gasteiger charge is -2.28. The summed E-state index contributed by atoms with van der Waals surface area (Å²) in [5, 5.41) is 16.9. The lowest BCUT2D eigenvalue weighted by Crippen LogP contribution is -2.30. The molecular weight excluding hydrogens is 360 g/mol. The highest BCUT2D eigenvalue weighted by Crippen LogP contribution is 2.31. The number of piperidine rings is 1. The molecule has 0 bridgehead atoms. The van der Waals surface area contributed by atoms with Crippen molar-refractivity contribution in [1.29, 1.82) is 0 Å². The molecular formula is C20H22N4O4. The third-order valence-electron chi connectivity index (χ3n) is 4.59. The van der Waals surface area contributed by atoms with Crippen molar-refractivity contribution in [3.63, 3.8) is 0 Å². The van der Waals surface area contributed by atoms with Crippen molar-refractivity contribution in [2.24, 2.45) is 0 Å². The first kappa shape index (κ1) is 19.3. The topological polar surface area (TPSA) is 105 Å². The Bertz CT molecular complexity index is 890. The second-order valence-electron chi connectivity index (χ2n) is 6.72. The summed E-state index contributed by atoms with van der Waals surface area (Å²) >= 11 is 0. The van der Waals surface area contributed by atoms with Gasteiger partial charge >= 0.3 is 0 Å². The predicted molar refractivity (Wildman–Crippen MR) is 108 cm³/mol. The van der Waals surface area contributed by atoms with Crippen LogP contribution in [0.4, 0.5) is 22.7 Å². The molecule has 0 spiro atoms. The van der Waals surface area contributed by atoms with Crippen LogP contribution in [0.15, 0.2) is 42.5 Å². The normalized spacial score (nSPS) is 13.7. The highest BCUT2D eigenvalue weighted by atomic mass is 16.6. The number of hydrogen-bond acceptors (Lipinski definition) is 5. The number of benzene rings is 2. The molecule has 1 saturated heterocycles. The minimum absolute atomic E-state index is 0.0597. The van der Waals surface area contributed by atoms with Crippen molar-refractivity contribution >= 4 is 34.6 Å². The van der Waals surface area contributed by atoms with E-state index < -0.39 is 10.8 Å². The van der Waals surface area contributed by atoms with Crippen molar-refractivity contribution < 1.29 is 14.5 Å². The fraction of sp³-hybridized carbons (Fsp3) is 0.300. The number of nitrogens with one attached hydrogen (secondary N) is 2. The van der Waals surface area contributed by atoms with Gasteiger partial charge in [-0.3, -0.25) is 19.7 Å². The molecule has 146 valence electrons. The molecule has 2 aromatic carbocycles. The van der Waals surface area contributed by atoms with Gasteiger partial charge in [-0.05, 0) is 55.7 Å². The smallest absolute Gasteiger partial charge is 0.293 e. The quantitative estimate of drug-likeness (QED) is 0.605. The van der Waals surface area contributed by atoms with Crippen LogP contribution in [-0.2, 0) is 4.79 Å². The molecule has 2 aromatic rings. The van der Waals surface area contributed by atoms with E-state index in [1.807, 2.05) is 4.90 Å². The van der Waals surface area contributed by atoms with Gasteiger partial charge < -0.3 is 15.5 Å². The largest absolute Gasteiger partial charge is 0.366 e. The molecule has 0 saturated carbocycles. The number of amides is 2. The van der Waals surface area contributed by atoms with Crippen molar-refractivity contribution in [2.45, 2.75) is 26.2 Å². The van der Waals surface area contributed by atoms with E-state index in [0.29, 0.717) is 17.1 Å². The van der Waals surface area contributed by atoms with Crippen LogP contribution in [0, 0.1) is 10.1 Å². The molecule has 8 nitrogen and oxygen atoms in total. The standard InChI is InChI=1S/C20H22N4O4/c1-14(25)21-16-6-8-17(9-7-16)22-20(26)15-5-10-18(19(13-15)24(27)28)23-11-3-2-4-12-23/h5-10,13H,2-4,11-12H2,1H3,(H,21,25)(H,22,26). The molecule has 3 rings (SSSR count). The maximum absolute atomic E-state index is 12.5. The summed E-state index contributed by atoms with van der Waals surface area (Å²) in [6.07, 6.45) is 3.15. The lowest BCUT2D eigenvalue weighted by atomic mass is 10.1. The highest BCUT2D eigenvalue weighted by Gasteiger charge is 2.23. The Kier molecular flexibility index (Phi) is 5.88. The van der Waals surface area contributed by atoms with Crippen molar-refractivity contribution in [2.75, 3.05) is 28.6 Å². The van der Waals surface area contributed by atoms with Crippen LogP contribution in [0.5, 0.6) is 0 Å². The van der Waals surface area contributed by atoms with Crippen LogP contribution in [-0.4, -0.2) is 29.8 Å². The van der Waals surface area contributed by atoms with Crippen molar-refractivity contribution in [3.05, 3.63) is 58.1 Å². The second kappa shape index (κ2) is 8.51. The van der Waals surface area contributed by atoms with E-state index in [1.165, 1.54) is 13.0 Å². The Hall–Kier alpha value is -3.42. The molecule has 1 aliphatic rings. The number of rotatable bonds is 5. The minimum atomic E-state index is -0.442. The summed E-state index contributed by atoms with van der Waals surface area (Å²) in [6.45, 7) is 2.98. The number of nitro groups is 1. The zero-order chi connectivity index (χ0) is 20.1. The van der Waals surface area contributed by atoms with Crippen LogP contribution in [0.3, 0.4) is 0 Å². The lowest BCUT2D eigenvalue weighted by molar-refractivity contribution is -0.384. The molecule has 8 heteroatoms. The van der Waals surface area contributed by atoms with Crippen LogP contribution >= 0.6 is 0 Å². The van der Waals surface area contributed by atoms with Gasteiger partial charge in [-0.15, -0.1) is 0 Å². The van der Waals surface area contributed by atoms with E-state index >= 15 is 0 Å². The molecule has 0 aliphatic carbocycles. The molecule has 2 N–H and O–H groups in total. The summed E-state index contributed by atoms with van der Waals surface area (Å²) in [5.74, 6) is -0.613. The average Bonchev–Trinajstić information content (AvgIpc) is 2.69. The first-order chi connectivity index (χ1) is 13.4. The van der Waals surface area contributed by atoms with Crippen molar-refractivity contribution in [3.8, 4) is 0 Å². The third-order valence-corrected chi connectivity index (χ3v) is 4.59.